The Bertz CT molecular complexity index is 605. The first kappa shape index (κ1) is 14.0. The van der Waals surface area contributed by atoms with Crippen LogP contribution in [0.5, 0.6) is 11.5 Å². The van der Waals surface area contributed by atoms with Gasteiger partial charge in [-0.3, -0.25) is 4.79 Å². The van der Waals surface area contributed by atoms with Crippen molar-refractivity contribution in [2.24, 2.45) is 5.92 Å². The summed E-state index contributed by atoms with van der Waals surface area (Å²) >= 11 is 0. The van der Waals surface area contributed by atoms with Gasteiger partial charge in [-0.2, -0.15) is 0 Å². The van der Waals surface area contributed by atoms with Crippen LogP contribution in [0.15, 0.2) is 18.2 Å². The Morgan fingerprint density at radius 1 is 1.24 bits per heavy atom. The molecule has 1 N–H and O–H groups in total. The van der Waals surface area contributed by atoms with E-state index in [0.717, 1.165) is 30.4 Å². The second-order valence-electron chi connectivity index (χ2n) is 5.78. The van der Waals surface area contributed by atoms with Crippen LogP contribution in [0, 0.1) is 5.92 Å². The summed E-state index contributed by atoms with van der Waals surface area (Å²) in [5.74, 6) is 0.562. The maximum Gasteiger partial charge on any atom is 0.314 e. The molecule has 4 nitrogen and oxygen atoms in total. The Hall–Kier alpha value is -1.97. The molecular formula is C17H20O4. The number of carboxylic acids is 1. The first-order chi connectivity index (χ1) is 10.1. The van der Waals surface area contributed by atoms with Crippen molar-refractivity contribution in [3.05, 3.63) is 29.3 Å². The number of aliphatic carboxylic acids is 1. The van der Waals surface area contributed by atoms with Crippen molar-refractivity contribution in [3.8, 4) is 11.5 Å². The number of ether oxygens (including phenoxy) is 2. The van der Waals surface area contributed by atoms with E-state index in [9.17, 15) is 9.90 Å². The summed E-state index contributed by atoms with van der Waals surface area (Å²) in [5.41, 5.74) is 0.968. The summed E-state index contributed by atoms with van der Waals surface area (Å²) in [6.07, 6.45) is 7.73. The fourth-order valence-corrected chi connectivity index (χ4v) is 3.81. The standard InChI is InChI=1S/C17H20O4/c1-20-14-9-11-6-7-12-5-3-4-8-17(12,16(18)19)13(11)10-15(14)21-2/h6-7,9-10,12H,3-5,8H2,1-2H3,(H,18,19)/t12-,17-/m1/s1. The van der Waals surface area contributed by atoms with E-state index < -0.39 is 11.4 Å². The third-order valence-electron chi connectivity index (χ3n) is 4.90. The molecule has 21 heavy (non-hydrogen) atoms. The first-order valence-corrected chi connectivity index (χ1v) is 7.31. The zero-order chi connectivity index (χ0) is 15.0. The quantitative estimate of drug-likeness (QED) is 0.927. The first-order valence-electron chi connectivity index (χ1n) is 7.31. The topological polar surface area (TPSA) is 55.8 Å². The fourth-order valence-electron chi connectivity index (χ4n) is 3.81. The van der Waals surface area contributed by atoms with Crippen LogP contribution in [-0.4, -0.2) is 25.3 Å². The fraction of sp³-hybridized carbons (Fsp3) is 0.471. The Morgan fingerprint density at radius 2 is 1.95 bits per heavy atom. The predicted molar refractivity (Wildman–Crippen MR) is 79.9 cm³/mol. The Kier molecular flexibility index (Phi) is 3.40. The average Bonchev–Trinajstić information content (AvgIpc) is 2.52. The van der Waals surface area contributed by atoms with Gasteiger partial charge in [0.1, 0.15) is 0 Å². The van der Waals surface area contributed by atoms with E-state index in [0.29, 0.717) is 17.9 Å². The lowest BCUT2D eigenvalue weighted by Crippen LogP contribution is -2.46. The molecule has 0 amide bonds. The highest BCUT2D eigenvalue weighted by molar-refractivity contribution is 5.86. The summed E-state index contributed by atoms with van der Waals surface area (Å²) in [7, 11) is 3.17. The summed E-state index contributed by atoms with van der Waals surface area (Å²) in [4.78, 5) is 12.1. The molecule has 0 heterocycles. The normalized spacial score (nSPS) is 26.7. The van der Waals surface area contributed by atoms with Crippen molar-refractivity contribution in [1.82, 2.24) is 0 Å². The van der Waals surface area contributed by atoms with Gasteiger partial charge in [-0.05, 0) is 42.0 Å². The predicted octanol–water partition coefficient (Wildman–Crippen LogP) is 3.24. The molecule has 2 aliphatic rings. The van der Waals surface area contributed by atoms with E-state index in [-0.39, 0.29) is 5.92 Å². The molecule has 2 atom stereocenters. The monoisotopic (exact) mass is 288 g/mol. The van der Waals surface area contributed by atoms with Crippen molar-refractivity contribution in [2.45, 2.75) is 31.1 Å². The molecule has 0 aliphatic heterocycles. The molecule has 112 valence electrons. The molecule has 4 heteroatoms. The summed E-state index contributed by atoms with van der Waals surface area (Å²) in [6, 6.07) is 3.73. The number of allylic oxidation sites excluding steroid dienone is 1. The molecule has 2 aliphatic carbocycles. The average molecular weight is 288 g/mol. The molecule has 0 aromatic heterocycles. The van der Waals surface area contributed by atoms with E-state index >= 15 is 0 Å². The highest BCUT2D eigenvalue weighted by atomic mass is 16.5. The molecular weight excluding hydrogens is 268 g/mol. The van der Waals surface area contributed by atoms with Crippen LogP contribution < -0.4 is 9.47 Å². The van der Waals surface area contributed by atoms with Gasteiger partial charge in [0.25, 0.3) is 0 Å². The number of methoxy groups -OCH3 is 2. The van der Waals surface area contributed by atoms with Crippen molar-refractivity contribution >= 4 is 12.0 Å². The lowest BCUT2D eigenvalue weighted by molar-refractivity contribution is -0.147. The van der Waals surface area contributed by atoms with Gasteiger partial charge in [-0.15, -0.1) is 0 Å². The van der Waals surface area contributed by atoms with Crippen LogP contribution in [-0.2, 0) is 10.2 Å². The molecule has 1 aromatic carbocycles. The molecule has 3 rings (SSSR count). The number of benzene rings is 1. The molecule has 0 saturated heterocycles. The number of fused-ring (bicyclic) bond motifs is 3. The maximum absolute atomic E-state index is 12.1. The zero-order valence-electron chi connectivity index (χ0n) is 12.4. The molecule has 0 bridgehead atoms. The van der Waals surface area contributed by atoms with E-state index in [2.05, 4.69) is 6.08 Å². The minimum absolute atomic E-state index is 0.0642. The lowest BCUT2D eigenvalue weighted by Gasteiger charge is -2.43. The van der Waals surface area contributed by atoms with Crippen molar-refractivity contribution < 1.29 is 19.4 Å². The minimum Gasteiger partial charge on any atom is -0.493 e. The minimum atomic E-state index is -0.818. The largest absolute Gasteiger partial charge is 0.493 e. The SMILES string of the molecule is COc1cc2c(cc1OC)[C@@]1(C(=O)O)CCCC[C@@H]1C=C2. The molecule has 1 fully saturated rings. The number of carbonyl (C=O) groups is 1. The third-order valence-corrected chi connectivity index (χ3v) is 4.90. The van der Waals surface area contributed by atoms with Gasteiger partial charge in [0.05, 0.1) is 19.6 Å². The number of hydrogen-bond donors (Lipinski definition) is 1. The zero-order valence-corrected chi connectivity index (χ0v) is 12.4. The lowest BCUT2D eigenvalue weighted by atomic mass is 9.59. The summed E-state index contributed by atoms with van der Waals surface area (Å²) < 4.78 is 10.7. The van der Waals surface area contributed by atoms with Gasteiger partial charge in [-0.25, -0.2) is 0 Å². The molecule has 1 aromatic rings. The van der Waals surface area contributed by atoms with Gasteiger partial charge >= 0.3 is 5.97 Å². The van der Waals surface area contributed by atoms with E-state index in [1.807, 2.05) is 18.2 Å². The number of rotatable bonds is 3. The van der Waals surface area contributed by atoms with Gasteiger partial charge in [-0.1, -0.05) is 25.0 Å². The maximum atomic E-state index is 12.1. The highest BCUT2D eigenvalue weighted by Crippen LogP contribution is 2.51. The summed E-state index contributed by atoms with van der Waals surface area (Å²) in [6.45, 7) is 0. The van der Waals surface area contributed by atoms with E-state index in [4.69, 9.17) is 9.47 Å². The number of carboxylic acid groups (broad SMARTS) is 1. The third kappa shape index (κ3) is 1.93. The van der Waals surface area contributed by atoms with Crippen LogP contribution in [0.1, 0.15) is 36.8 Å². The van der Waals surface area contributed by atoms with Gasteiger partial charge in [0.15, 0.2) is 11.5 Å². The van der Waals surface area contributed by atoms with E-state index in [1.165, 1.54) is 0 Å². The van der Waals surface area contributed by atoms with Crippen LogP contribution in [0.25, 0.3) is 6.08 Å². The van der Waals surface area contributed by atoms with Crippen LogP contribution in [0.2, 0.25) is 0 Å². The Labute approximate surface area is 124 Å². The van der Waals surface area contributed by atoms with Crippen molar-refractivity contribution in [3.63, 3.8) is 0 Å². The molecule has 0 unspecified atom stereocenters. The van der Waals surface area contributed by atoms with Gasteiger partial charge < -0.3 is 14.6 Å². The van der Waals surface area contributed by atoms with E-state index in [1.54, 1.807) is 14.2 Å². The highest BCUT2D eigenvalue weighted by Gasteiger charge is 2.50. The molecule has 1 saturated carbocycles. The van der Waals surface area contributed by atoms with Crippen LogP contribution in [0.4, 0.5) is 0 Å². The van der Waals surface area contributed by atoms with Crippen molar-refractivity contribution in [1.29, 1.82) is 0 Å². The van der Waals surface area contributed by atoms with Crippen LogP contribution in [0.3, 0.4) is 0 Å². The van der Waals surface area contributed by atoms with Gasteiger partial charge in [0, 0.05) is 0 Å². The summed E-state index contributed by atoms with van der Waals surface area (Å²) in [5, 5.41) is 9.96. The second kappa shape index (κ2) is 5.10. The second-order valence-corrected chi connectivity index (χ2v) is 5.78. The van der Waals surface area contributed by atoms with Crippen LogP contribution >= 0.6 is 0 Å². The number of hydrogen-bond acceptors (Lipinski definition) is 3. The Morgan fingerprint density at radius 3 is 2.62 bits per heavy atom. The van der Waals surface area contributed by atoms with Crippen molar-refractivity contribution in [2.75, 3.05) is 14.2 Å². The Balaban J connectivity index is 2.23. The molecule has 0 radical (unpaired) electrons. The molecule has 0 spiro atoms. The van der Waals surface area contributed by atoms with Gasteiger partial charge in [0.2, 0.25) is 0 Å². The smallest absolute Gasteiger partial charge is 0.314 e.